The minimum atomic E-state index is 0.431. The predicted molar refractivity (Wildman–Crippen MR) is 54.2 cm³/mol. The SMILES string of the molecule is CC(C)c1cc(Cl)cc(CNO)c1. The molecule has 13 heavy (non-hydrogen) atoms. The molecule has 0 atom stereocenters. The van der Waals surface area contributed by atoms with Gasteiger partial charge in [0.15, 0.2) is 0 Å². The van der Waals surface area contributed by atoms with Crippen molar-refractivity contribution in [1.29, 1.82) is 0 Å². The lowest BCUT2D eigenvalue weighted by Crippen LogP contribution is -2.06. The summed E-state index contributed by atoms with van der Waals surface area (Å²) in [5.41, 5.74) is 4.31. The Morgan fingerprint density at radius 1 is 1.38 bits per heavy atom. The molecule has 0 saturated heterocycles. The third kappa shape index (κ3) is 2.99. The molecule has 0 aliphatic heterocycles. The van der Waals surface area contributed by atoms with Crippen LogP contribution in [0.25, 0.3) is 0 Å². The lowest BCUT2D eigenvalue weighted by molar-refractivity contribution is 0.161. The van der Waals surface area contributed by atoms with Crippen molar-refractivity contribution in [2.45, 2.75) is 26.3 Å². The standard InChI is InChI=1S/C10H14ClNO/c1-7(2)9-3-8(6-12-13)4-10(11)5-9/h3-5,7,12-13H,6H2,1-2H3. The van der Waals surface area contributed by atoms with E-state index < -0.39 is 0 Å². The lowest BCUT2D eigenvalue weighted by atomic mass is 10.0. The molecule has 0 aromatic heterocycles. The summed E-state index contributed by atoms with van der Waals surface area (Å²) in [5.74, 6) is 0.455. The quantitative estimate of drug-likeness (QED) is 0.734. The number of hydrogen-bond acceptors (Lipinski definition) is 2. The summed E-state index contributed by atoms with van der Waals surface area (Å²) in [6.07, 6.45) is 0. The van der Waals surface area contributed by atoms with E-state index in [2.05, 4.69) is 19.3 Å². The van der Waals surface area contributed by atoms with Crippen LogP contribution in [0, 0.1) is 0 Å². The second kappa shape index (κ2) is 4.61. The van der Waals surface area contributed by atoms with Crippen LogP contribution < -0.4 is 5.48 Å². The van der Waals surface area contributed by atoms with E-state index in [1.54, 1.807) is 0 Å². The molecule has 2 nitrogen and oxygen atoms in total. The van der Waals surface area contributed by atoms with Crippen LogP contribution in [0.4, 0.5) is 0 Å². The number of nitrogens with one attached hydrogen (secondary N) is 1. The van der Waals surface area contributed by atoms with Gasteiger partial charge in [0.05, 0.1) is 0 Å². The molecular formula is C10H14ClNO. The molecule has 0 unspecified atom stereocenters. The van der Waals surface area contributed by atoms with E-state index in [4.69, 9.17) is 16.8 Å². The molecule has 0 aliphatic carbocycles. The Morgan fingerprint density at radius 2 is 2.08 bits per heavy atom. The van der Waals surface area contributed by atoms with Crippen LogP contribution in [0.3, 0.4) is 0 Å². The summed E-state index contributed by atoms with van der Waals surface area (Å²) in [6, 6.07) is 5.84. The van der Waals surface area contributed by atoms with E-state index in [0.717, 1.165) is 10.6 Å². The van der Waals surface area contributed by atoms with Gasteiger partial charge in [0.1, 0.15) is 0 Å². The van der Waals surface area contributed by atoms with E-state index in [1.807, 2.05) is 18.2 Å². The highest BCUT2D eigenvalue weighted by Crippen LogP contribution is 2.21. The lowest BCUT2D eigenvalue weighted by Gasteiger charge is -2.08. The van der Waals surface area contributed by atoms with Crippen molar-refractivity contribution in [2.75, 3.05) is 0 Å². The average Bonchev–Trinajstić information content (AvgIpc) is 2.03. The Bertz CT molecular complexity index is 286. The molecule has 2 N–H and O–H groups in total. The van der Waals surface area contributed by atoms with Gasteiger partial charge in [-0.2, -0.15) is 0 Å². The summed E-state index contributed by atoms with van der Waals surface area (Å²) >= 11 is 5.92. The van der Waals surface area contributed by atoms with Gasteiger partial charge >= 0.3 is 0 Å². The number of rotatable bonds is 3. The van der Waals surface area contributed by atoms with Gasteiger partial charge in [-0.1, -0.05) is 31.5 Å². The van der Waals surface area contributed by atoms with Crippen molar-refractivity contribution in [3.63, 3.8) is 0 Å². The smallest absolute Gasteiger partial charge is 0.0458 e. The number of hydrogen-bond donors (Lipinski definition) is 2. The first-order valence-corrected chi connectivity index (χ1v) is 4.67. The average molecular weight is 200 g/mol. The Morgan fingerprint density at radius 3 is 2.62 bits per heavy atom. The monoisotopic (exact) mass is 199 g/mol. The molecule has 0 radical (unpaired) electrons. The molecule has 0 spiro atoms. The first-order valence-electron chi connectivity index (χ1n) is 4.30. The topological polar surface area (TPSA) is 32.3 Å². The summed E-state index contributed by atoms with van der Waals surface area (Å²) in [5, 5.41) is 9.27. The maximum absolute atomic E-state index is 8.55. The van der Waals surface area contributed by atoms with Crippen molar-refractivity contribution in [2.24, 2.45) is 0 Å². The number of halogens is 1. The first-order chi connectivity index (χ1) is 6.13. The van der Waals surface area contributed by atoms with Crippen LogP contribution in [0.2, 0.25) is 5.02 Å². The summed E-state index contributed by atoms with van der Waals surface area (Å²) in [6.45, 7) is 4.66. The molecular weight excluding hydrogens is 186 g/mol. The maximum atomic E-state index is 8.55. The van der Waals surface area contributed by atoms with Crippen LogP contribution in [0.15, 0.2) is 18.2 Å². The second-order valence-electron chi connectivity index (χ2n) is 3.38. The van der Waals surface area contributed by atoms with Gasteiger partial charge in [0.2, 0.25) is 0 Å². The van der Waals surface area contributed by atoms with Gasteiger partial charge in [-0.05, 0) is 29.2 Å². The van der Waals surface area contributed by atoms with Gasteiger partial charge in [-0.15, -0.1) is 0 Å². The van der Waals surface area contributed by atoms with Crippen molar-refractivity contribution in [3.05, 3.63) is 34.3 Å². The van der Waals surface area contributed by atoms with E-state index in [1.165, 1.54) is 5.56 Å². The first kappa shape index (κ1) is 10.5. The molecule has 1 aromatic carbocycles. The zero-order valence-corrected chi connectivity index (χ0v) is 8.60. The predicted octanol–water partition coefficient (Wildman–Crippen LogP) is 2.94. The van der Waals surface area contributed by atoms with Crippen molar-refractivity contribution in [3.8, 4) is 0 Å². The largest absolute Gasteiger partial charge is 0.316 e. The minimum Gasteiger partial charge on any atom is -0.316 e. The third-order valence-corrected chi connectivity index (χ3v) is 2.15. The molecule has 0 aliphatic rings. The van der Waals surface area contributed by atoms with E-state index in [-0.39, 0.29) is 0 Å². The fraction of sp³-hybridized carbons (Fsp3) is 0.400. The van der Waals surface area contributed by atoms with Crippen LogP contribution in [0.1, 0.15) is 30.9 Å². The van der Waals surface area contributed by atoms with Crippen molar-refractivity contribution < 1.29 is 5.21 Å². The molecule has 72 valence electrons. The Balaban J connectivity index is 2.96. The van der Waals surface area contributed by atoms with Crippen LogP contribution in [-0.4, -0.2) is 5.21 Å². The van der Waals surface area contributed by atoms with Crippen LogP contribution >= 0.6 is 11.6 Å². The fourth-order valence-electron chi connectivity index (χ4n) is 1.20. The molecule has 3 heteroatoms. The van der Waals surface area contributed by atoms with Crippen molar-refractivity contribution >= 4 is 11.6 Å². The van der Waals surface area contributed by atoms with Crippen LogP contribution in [0.5, 0.6) is 0 Å². The maximum Gasteiger partial charge on any atom is 0.0458 e. The molecule has 1 rings (SSSR count). The summed E-state index contributed by atoms with van der Waals surface area (Å²) in [7, 11) is 0. The molecule has 0 heterocycles. The van der Waals surface area contributed by atoms with Gasteiger partial charge in [-0.3, -0.25) is 0 Å². The molecule has 0 fully saturated rings. The Kier molecular flexibility index (Phi) is 3.72. The zero-order valence-electron chi connectivity index (χ0n) is 7.84. The van der Waals surface area contributed by atoms with E-state index >= 15 is 0 Å². The van der Waals surface area contributed by atoms with Gasteiger partial charge < -0.3 is 5.21 Å². The molecule has 1 aromatic rings. The second-order valence-corrected chi connectivity index (χ2v) is 3.82. The zero-order chi connectivity index (χ0) is 9.84. The van der Waals surface area contributed by atoms with E-state index in [9.17, 15) is 0 Å². The Labute approximate surface area is 83.5 Å². The highest BCUT2D eigenvalue weighted by atomic mass is 35.5. The highest BCUT2D eigenvalue weighted by Gasteiger charge is 2.02. The molecule has 0 amide bonds. The van der Waals surface area contributed by atoms with Crippen molar-refractivity contribution in [1.82, 2.24) is 5.48 Å². The van der Waals surface area contributed by atoms with Gasteiger partial charge in [-0.25, -0.2) is 5.48 Å². The van der Waals surface area contributed by atoms with Gasteiger partial charge in [0, 0.05) is 11.6 Å². The fourth-order valence-corrected chi connectivity index (χ4v) is 1.47. The Hall–Kier alpha value is -0.570. The third-order valence-electron chi connectivity index (χ3n) is 1.93. The van der Waals surface area contributed by atoms with Gasteiger partial charge in [0.25, 0.3) is 0 Å². The van der Waals surface area contributed by atoms with E-state index in [0.29, 0.717) is 12.5 Å². The van der Waals surface area contributed by atoms with Crippen LogP contribution in [-0.2, 0) is 6.54 Å². The minimum absolute atomic E-state index is 0.431. The summed E-state index contributed by atoms with van der Waals surface area (Å²) in [4.78, 5) is 0. The molecule has 0 bridgehead atoms. The highest BCUT2D eigenvalue weighted by molar-refractivity contribution is 6.30. The normalized spacial score (nSPS) is 10.8. The number of hydroxylamine groups is 1. The molecule has 0 saturated carbocycles. The number of benzene rings is 1. The summed E-state index contributed by atoms with van der Waals surface area (Å²) < 4.78 is 0.